The molecule has 0 aliphatic rings. The Morgan fingerprint density at radius 1 is 1.00 bits per heavy atom. The number of anilines is 1. The minimum atomic E-state index is -0.176. The van der Waals surface area contributed by atoms with Crippen LogP contribution in [0.1, 0.15) is 11.1 Å². The number of thioether (sulfide) groups is 1. The van der Waals surface area contributed by atoms with Gasteiger partial charge in [-0.05, 0) is 31.5 Å². The van der Waals surface area contributed by atoms with E-state index in [0.717, 1.165) is 22.3 Å². The SMILES string of the molecule is COc1cc(NC(=O)CSc2nnc3c4cc(-c5cc(C)ccc5C)nn4ccn23)cc(OC)c1. The van der Waals surface area contributed by atoms with Crippen LogP contribution in [0, 0.1) is 13.8 Å². The second-order valence-corrected chi connectivity index (χ2v) is 9.03. The van der Waals surface area contributed by atoms with Crippen LogP contribution < -0.4 is 14.8 Å². The molecule has 35 heavy (non-hydrogen) atoms. The second-order valence-electron chi connectivity index (χ2n) is 8.09. The van der Waals surface area contributed by atoms with Crippen molar-refractivity contribution in [2.75, 3.05) is 25.3 Å². The Bertz CT molecular complexity index is 1540. The molecule has 0 radical (unpaired) electrons. The van der Waals surface area contributed by atoms with Gasteiger partial charge in [-0.15, -0.1) is 10.2 Å². The predicted molar refractivity (Wildman–Crippen MR) is 136 cm³/mol. The molecule has 9 nitrogen and oxygen atoms in total. The van der Waals surface area contributed by atoms with Crippen molar-refractivity contribution < 1.29 is 14.3 Å². The van der Waals surface area contributed by atoms with Crippen LogP contribution in [0.5, 0.6) is 11.5 Å². The number of hydrogen-bond donors (Lipinski definition) is 1. The zero-order chi connectivity index (χ0) is 24.5. The summed E-state index contributed by atoms with van der Waals surface area (Å²) in [6.45, 7) is 4.15. The van der Waals surface area contributed by atoms with Crippen molar-refractivity contribution in [1.29, 1.82) is 0 Å². The molecule has 0 atom stereocenters. The van der Waals surface area contributed by atoms with Gasteiger partial charge in [-0.25, -0.2) is 4.52 Å². The average molecular weight is 489 g/mol. The van der Waals surface area contributed by atoms with Gasteiger partial charge >= 0.3 is 0 Å². The highest BCUT2D eigenvalue weighted by Crippen LogP contribution is 2.28. The van der Waals surface area contributed by atoms with E-state index in [0.29, 0.717) is 28.0 Å². The van der Waals surface area contributed by atoms with Crippen molar-refractivity contribution >= 4 is 34.5 Å². The Labute approximate surface area is 206 Å². The number of aromatic nitrogens is 5. The maximum absolute atomic E-state index is 12.6. The number of carbonyl (C=O) groups excluding carboxylic acids is 1. The molecule has 0 aliphatic heterocycles. The van der Waals surface area contributed by atoms with Crippen LogP contribution in [0.25, 0.3) is 22.4 Å². The van der Waals surface area contributed by atoms with Crippen molar-refractivity contribution in [2.24, 2.45) is 0 Å². The van der Waals surface area contributed by atoms with Crippen LogP contribution in [0.3, 0.4) is 0 Å². The fourth-order valence-electron chi connectivity index (χ4n) is 3.84. The van der Waals surface area contributed by atoms with Crippen LogP contribution in [0.2, 0.25) is 0 Å². The van der Waals surface area contributed by atoms with Crippen LogP contribution in [-0.2, 0) is 4.79 Å². The molecule has 0 spiro atoms. The monoisotopic (exact) mass is 488 g/mol. The lowest BCUT2D eigenvalue weighted by molar-refractivity contribution is -0.113. The molecule has 0 saturated heterocycles. The highest BCUT2D eigenvalue weighted by atomic mass is 32.2. The van der Waals surface area contributed by atoms with Crippen LogP contribution in [0.15, 0.2) is 60.0 Å². The Balaban J connectivity index is 1.36. The van der Waals surface area contributed by atoms with Gasteiger partial charge in [0.2, 0.25) is 5.91 Å². The van der Waals surface area contributed by atoms with Gasteiger partial charge < -0.3 is 14.8 Å². The van der Waals surface area contributed by atoms with Gasteiger partial charge in [-0.1, -0.05) is 29.5 Å². The van der Waals surface area contributed by atoms with Gasteiger partial charge in [0.15, 0.2) is 10.8 Å². The lowest BCUT2D eigenvalue weighted by Gasteiger charge is -2.09. The van der Waals surface area contributed by atoms with Crippen molar-refractivity contribution in [3.05, 3.63) is 66.0 Å². The van der Waals surface area contributed by atoms with E-state index in [1.807, 2.05) is 22.9 Å². The Morgan fingerprint density at radius 2 is 1.77 bits per heavy atom. The number of carbonyl (C=O) groups is 1. The predicted octanol–water partition coefficient (Wildman–Crippen LogP) is 4.41. The van der Waals surface area contributed by atoms with Gasteiger partial charge in [-0.3, -0.25) is 9.20 Å². The van der Waals surface area contributed by atoms with Crippen molar-refractivity contribution in [2.45, 2.75) is 19.0 Å². The first-order valence-corrected chi connectivity index (χ1v) is 11.9. The molecule has 2 aromatic carbocycles. The van der Waals surface area contributed by atoms with Crippen LogP contribution >= 0.6 is 11.8 Å². The lowest BCUT2D eigenvalue weighted by atomic mass is 10.0. The van der Waals surface area contributed by atoms with Gasteiger partial charge in [0.1, 0.15) is 17.0 Å². The number of amides is 1. The Morgan fingerprint density at radius 3 is 2.51 bits per heavy atom. The molecule has 3 aromatic heterocycles. The fourth-order valence-corrected chi connectivity index (χ4v) is 4.56. The molecule has 0 saturated carbocycles. The number of nitrogens with zero attached hydrogens (tertiary/aromatic N) is 5. The third-order valence-electron chi connectivity index (χ3n) is 5.62. The highest BCUT2D eigenvalue weighted by Gasteiger charge is 2.15. The maximum atomic E-state index is 12.6. The van der Waals surface area contributed by atoms with E-state index in [9.17, 15) is 4.79 Å². The normalized spacial score (nSPS) is 11.2. The molecule has 0 fully saturated rings. The van der Waals surface area contributed by atoms with Crippen LogP contribution in [-0.4, -0.2) is 50.1 Å². The Hall–Kier alpha value is -4.05. The van der Waals surface area contributed by atoms with E-state index >= 15 is 0 Å². The molecule has 1 amide bonds. The molecule has 1 N–H and O–H groups in total. The smallest absolute Gasteiger partial charge is 0.234 e. The van der Waals surface area contributed by atoms with Gasteiger partial charge in [0.25, 0.3) is 0 Å². The lowest BCUT2D eigenvalue weighted by Crippen LogP contribution is -2.14. The first-order valence-electron chi connectivity index (χ1n) is 10.9. The number of ether oxygens (including phenoxy) is 2. The number of benzene rings is 2. The summed E-state index contributed by atoms with van der Waals surface area (Å²) in [4.78, 5) is 12.6. The average Bonchev–Trinajstić information content (AvgIpc) is 3.47. The minimum Gasteiger partial charge on any atom is -0.497 e. The summed E-state index contributed by atoms with van der Waals surface area (Å²) >= 11 is 1.31. The number of nitrogens with one attached hydrogen (secondary N) is 1. The molecule has 3 heterocycles. The van der Waals surface area contributed by atoms with E-state index < -0.39 is 0 Å². The van der Waals surface area contributed by atoms with E-state index in [2.05, 4.69) is 47.6 Å². The van der Waals surface area contributed by atoms with E-state index in [1.165, 1.54) is 17.3 Å². The topological polar surface area (TPSA) is 95.0 Å². The van der Waals surface area contributed by atoms with Crippen molar-refractivity contribution in [1.82, 2.24) is 24.2 Å². The fraction of sp³-hybridized carbons (Fsp3) is 0.200. The van der Waals surface area contributed by atoms with E-state index in [-0.39, 0.29) is 11.7 Å². The van der Waals surface area contributed by atoms with Gasteiger partial charge in [0.05, 0.1) is 25.7 Å². The largest absolute Gasteiger partial charge is 0.497 e. The first kappa shape index (κ1) is 22.7. The summed E-state index contributed by atoms with van der Waals surface area (Å²) in [6.07, 6.45) is 3.72. The van der Waals surface area contributed by atoms with Gasteiger partial charge in [-0.2, -0.15) is 5.10 Å². The minimum absolute atomic E-state index is 0.165. The number of rotatable bonds is 7. The highest BCUT2D eigenvalue weighted by molar-refractivity contribution is 7.99. The molecule has 0 unspecified atom stereocenters. The zero-order valence-corrected chi connectivity index (χ0v) is 20.6. The Kier molecular flexibility index (Phi) is 6.04. The summed E-state index contributed by atoms with van der Waals surface area (Å²) in [7, 11) is 3.13. The molecular weight excluding hydrogens is 464 g/mol. The van der Waals surface area contributed by atoms with Crippen LogP contribution in [0.4, 0.5) is 5.69 Å². The maximum Gasteiger partial charge on any atom is 0.234 e. The molecule has 5 rings (SSSR count). The van der Waals surface area contributed by atoms with Gasteiger partial charge in [0, 0.05) is 41.8 Å². The standard InChI is InChI=1S/C25H24N6O3S/c1-15-5-6-16(2)20(9-15)21-13-22-24-27-28-25(30(24)7-8-31(22)29-21)35-14-23(32)26-17-10-18(33-3)12-19(11-17)34-4/h5-13H,14H2,1-4H3,(H,26,32). The number of fused-ring (bicyclic) bond motifs is 3. The number of hydrogen-bond acceptors (Lipinski definition) is 7. The number of aryl methyl sites for hydroxylation is 2. The quantitative estimate of drug-likeness (QED) is 0.339. The van der Waals surface area contributed by atoms with Crippen molar-refractivity contribution in [3.63, 3.8) is 0 Å². The molecule has 10 heteroatoms. The third kappa shape index (κ3) is 4.52. The van der Waals surface area contributed by atoms with E-state index in [4.69, 9.17) is 14.6 Å². The summed E-state index contributed by atoms with van der Waals surface area (Å²) in [5.41, 5.74) is 6.42. The first-order chi connectivity index (χ1) is 16.9. The summed E-state index contributed by atoms with van der Waals surface area (Å²) in [5.74, 6) is 1.18. The molecule has 5 aromatic rings. The summed E-state index contributed by atoms with van der Waals surface area (Å²) < 4.78 is 14.2. The summed E-state index contributed by atoms with van der Waals surface area (Å²) in [5, 5.41) is 16.9. The van der Waals surface area contributed by atoms with E-state index in [1.54, 1.807) is 36.9 Å². The molecular formula is C25H24N6O3S. The zero-order valence-electron chi connectivity index (χ0n) is 19.8. The second kappa shape index (κ2) is 9.30. The number of methoxy groups -OCH3 is 2. The third-order valence-corrected chi connectivity index (χ3v) is 6.57. The summed E-state index contributed by atoms with van der Waals surface area (Å²) in [6, 6.07) is 13.6. The molecule has 178 valence electrons. The molecule has 0 aliphatic carbocycles. The van der Waals surface area contributed by atoms with Crippen molar-refractivity contribution in [3.8, 4) is 22.8 Å². The molecule has 0 bridgehead atoms.